The number of hydrogen-bond donors (Lipinski definition) is 2. The molecule has 1 aliphatic rings. The Morgan fingerprint density at radius 1 is 1.56 bits per heavy atom. The van der Waals surface area contributed by atoms with Gasteiger partial charge in [-0.15, -0.1) is 0 Å². The highest BCUT2D eigenvalue weighted by molar-refractivity contribution is 9.10. The Kier molecular flexibility index (Phi) is 4.27. The van der Waals surface area contributed by atoms with Crippen molar-refractivity contribution in [2.24, 2.45) is 11.7 Å². The van der Waals surface area contributed by atoms with Crippen LogP contribution in [-0.2, 0) is 0 Å². The molecule has 0 bridgehead atoms. The van der Waals surface area contributed by atoms with E-state index >= 15 is 0 Å². The van der Waals surface area contributed by atoms with Crippen molar-refractivity contribution >= 4 is 27.5 Å². The van der Waals surface area contributed by atoms with E-state index in [2.05, 4.69) is 33.8 Å². The average Bonchev–Trinajstić information content (AvgIpc) is 2.78. The lowest BCUT2D eigenvalue weighted by Gasteiger charge is -2.22. The summed E-state index contributed by atoms with van der Waals surface area (Å²) in [5, 5.41) is 7.70. The minimum Gasteiger partial charge on any atom is -0.384 e. The van der Waals surface area contributed by atoms with Crippen molar-refractivity contribution in [1.29, 1.82) is 5.41 Å². The molecule has 0 radical (unpaired) electrons. The Morgan fingerprint density at radius 3 is 3.00 bits per heavy atom. The van der Waals surface area contributed by atoms with Crippen molar-refractivity contribution in [2.45, 2.75) is 26.2 Å². The van der Waals surface area contributed by atoms with E-state index in [-0.39, 0.29) is 5.84 Å². The molecule has 1 aromatic carbocycles. The summed E-state index contributed by atoms with van der Waals surface area (Å²) in [6.07, 6.45) is 3.79. The number of nitrogens with two attached hydrogens (primary N) is 1. The minimum atomic E-state index is 0.144. The first-order valence-corrected chi connectivity index (χ1v) is 7.30. The van der Waals surface area contributed by atoms with Gasteiger partial charge in [0.1, 0.15) is 5.84 Å². The minimum absolute atomic E-state index is 0.144. The van der Waals surface area contributed by atoms with Crippen LogP contribution in [-0.4, -0.2) is 18.9 Å². The molecule has 18 heavy (non-hydrogen) atoms. The molecule has 0 aromatic heterocycles. The quantitative estimate of drug-likeness (QED) is 0.662. The maximum atomic E-state index is 7.70. The maximum absolute atomic E-state index is 7.70. The van der Waals surface area contributed by atoms with Crippen LogP contribution in [0.4, 0.5) is 5.69 Å². The van der Waals surface area contributed by atoms with Crippen molar-refractivity contribution in [3.63, 3.8) is 0 Å². The zero-order chi connectivity index (χ0) is 13.1. The van der Waals surface area contributed by atoms with Gasteiger partial charge in [-0.3, -0.25) is 5.41 Å². The molecule has 2 rings (SSSR count). The number of rotatable bonds is 4. The Labute approximate surface area is 117 Å². The zero-order valence-electron chi connectivity index (χ0n) is 10.7. The topological polar surface area (TPSA) is 53.1 Å². The third kappa shape index (κ3) is 2.86. The van der Waals surface area contributed by atoms with Crippen molar-refractivity contribution in [1.82, 2.24) is 0 Å². The first-order chi connectivity index (χ1) is 8.61. The molecule has 3 nitrogen and oxygen atoms in total. The van der Waals surface area contributed by atoms with Crippen molar-refractivity contribution < 1.29 is 0 Å². The normalized spacial score (nSPS) is 19.2. The van der Waals surface area contributed by atoms with Crippen molar-refractivity contribution in [3.05, 3.63) is 28.2 Å². The Bertz CT molecular complexity index is 445. The zero-order valence-corrected chi connectivity index (χ0v) is 12.3. The number of nitrogens with one attached hydrogen (secondary N) is 1. The predicted molar refractivity (Wildman–Crippen MR) is 80.4 cm³/mol. The SMILES string of the molecule is CCCC1CCN(c2ccc(Br)cc2C(=N)N)C1. The number of nitrogens with zero attached hydrogens (tertiary/aromatic N) is 1. The van der Waals surface area contributed by atoms with Gasteiger partial charge < -0.3 is 10.6 Å². The molecule has 1 fully saturated rings. The highest BCUT2D eigenvalue weighted by Crippen LogP contribution is 2.30. The van der Waals surface area contributed by atoms with Gasteiger partial charge in [0.05, 0.1) is 0 Å². The maximum Gasteiger partial charge on any atom is 0.124 e. The summed E-state index contributed by atoms with van der Waals surface area (Å²) in [6, 6.07) is 6.02. The third-order valence-corrected chi connectivity index (χ3v) is 4.07. The van der Waals surface area contributed by atoms with Gasteiger partial charge >= 0.3 is 0 Å². The van der Waals surface area contributed by atoms with Crippen LogP contribution in [0.5, 0.6) is 0 Å². The molecular weight excluding hydrogens is 290 g/mol. The van der Waals surface area contributed by atoms with Crippen LogP contribution in [0.3, 0.4) is 0 Å². The number of halogens is 1. The van der Waals surface area contributed by atoms with E-state index in [1.807, 2.05) is 12.1 Å². The lowest BCUT2D eigenvalue weighted by molar-refractivity contribution is 0.530. The molecule has 0 aliphatic carbocycles. The van der Waals surface area contributed by atoms with Crippen molar-refractivity contribution in [3.8, 4) is 0 Å². The van der Waals surface area contributed by atoms with Gasteiger partial charge in [-0.1, -0.05) is 29.3 Å². The van der Waals surface area contributed by atoms with E-state index < -0.39 is 0 Å². The van der Waals surface area contributed by atoms with E-state index in [4.69, 9.17) is 11.1 Å². The van der Waals surface area contributed by atoms with Crippen LogP contribution in [0.1, 0.15) is 31.7 Å². The van der Waals surface area contributed by atoms with E-state index in [0.29, 0.717) is 0 Å². The van der Waals surface area contributed by atoms with Crippen LogP contribution in [0, 0.1) is 11.3 Å². The molecular formula is C14H20BrN3. The van der Waals surface area contributed by atoms with E-state index in [1.165, 1.54) is 19.3 Å². The first kappa shape index (κ1) is 13.4. The summed E-state index contributed by atoms with van der Waals surface area (Å²) >= 11 is 3.44. The number of nitrogen functional groups attached to an aromatic ring is 1. The second-order valence-electron chi connectivity index (χ2n) is 4.96. The fraction of sp³-hybridized carbons (Fsp3) is 0.500. The summed E-state index contributed by atoms with van der Waals surface area (Å²) in [5.74, 6) is 0.934. The molecule has 1 atom stereocenters. The summed E-state index contributed by atoms with van der Waals surface area (Å²) in [7, 11) is 0. The molecule has 1 aromatic rings. The smallest absolute Gasteiger partial charge is 0.124 e. The second kappa shape index (κ2) is 5.74. The van der Waals surface area contributed by atoms with Crippen LogP contribution in [0.2, 0.25) is 0 Å². The lowest BCUT2D eigenvalue weighted by atomic mass is 10.0. The largest absolute Gasteiger partial charge is 0.384 e. The fourth-order valence-corrected chi connectivity index (χ4v) is 3.06. The predicted octanol–water partition coefficient (Wildman–Crippen LogP) is 3.36. The second-order valence-corrected chi connectivity index (χ2v) is 5.88. The summed E-state index contributed by atoms with van der Waals surface area (Å²) in [5.41, 5.74) is 7.62. The standard InChI is InChI=1S/C14H20BrN3/c1-2-3-10-6-7-18(9-10)13-5-4-11(15)8-12(13)14(16)17/h4-5,8,10H,2-3,6-7,9H2,1H3,(H3,16,17). The number of anilines is 1. The fourth-order valence-electron chi connectivity index (χ4n) is 2.70. The van der Waals surface area contributed by atoms with E-state index in [1.54, 1.807) is 0 Å². The Morgan fingerprint density at radius 2 is 2.33 bits per heavy atom. The number of hydrogen-bond acceptors (Lipinski definition) is 2. The van der Waals surface area contributed by atoms with Gasteiger partial charge in [-0.2, -0.15) is 0 Å². The highest BCUT2D eigenvalue weighted by Gasteiger charge is 2.24. The van der Waals surface area contributed by atoms with Gasteiger partial charge in [-0.05, 0) is 37.0 Å². The molecule has 4 heteroatoms. The van der Waals surface area contributed by atoms with E-state index in [0.717, 1.165) is 34.7 Å². The average molecular weight is 310 g/mol. The van der Waals surface area contributed by atoms with E-state index in [9.17, 15) is 0 Å². The molecule has 0 saturated carbocycles. The van der Waals surface area contributed by atoms with Gasteiger partial charge in [0, 0.05) is 28.8 Å². The molecule has 1 heterocycles. The number of benzene rings is 1. The third-order valence-electron chi connectivity index (χ3n) is 3.57. The number of amidine groups is 1. The van der Waals surface area contributed by atoms with Crippen LogP contribution < -0.4 is 10.6 Å². The molecule has 1 aliphatic heterocycles. The highest BCUT2D eigenvalue weighted by atomic mass is 79.9. The molecule has 1 unspecified atom stereocenters. The molecule has 3 N–H and O–H groups in total. The Balaban J connectivity index is 2.21. The first-order valence-electron chi connectivity index (χ1n) is 6.50. The Hall–Kier alpha value is -1.03. The van der Waals surface area contributed by atoms with Crippen LogP contribution in [0.25, 0.3) is 0 Å². The summed E-state index contributed by atoms with van der Waals surface area (Å²) in [4.78, 5) is 2.36. The summed E-state index contributed by atoms with van der Waals surface area (Å²) < 4.78 is 0.973. The monoisotopic (exact) mass is 309 g/mol. The van der Waals surface area contributed by atoms with Crippen LogP contribution in [0.15, 0.2) is 22.7 Å². The molecule has 98 valence electrons. The van der Waals surface area contributed by atoms with Gasteiger partial charge in [0.15, 0.2) is 0 Å². The molecule has 0 spiro atoms. The summed E-state index contributed by atoms with van der Waals surface area (Å²) in [6.45, 7) is 4.41. The van der Waals surface area contributed by atoms with Gasteiger partial charge in [-0.25, -0.2) is 0 Å². The van der Waals surface area contributed by atoms with Gasteiger partial charge in [0.25, 0.3) is 0 Å². The van der Waals surface area contributed by atoms with Crippen molar-refractivity contribution in [2.75, 3.05) is 18.0 Å². The molecule has 0 amide bonds. The van der Waals surface area contributed by atoms with Gasteiger partial charge in [0.2, 0.25) is 0 Å². The lowest BCUT2D eigenvalue weighted by Crippen LogP contribution is -2.24. The molecule has 1 saturated heterocycles. The van der Waals surface area contributed by atoms with Crippen LogP contribution >= 0.6 is 15.9 Å².